The molecular weight excluding hydrogens is 214 g/mol. The topological polar surface area (TPSA) is 12.0 Å². The van der Waals surface area contributed by atoms with Gasteiger partial charge in [0, 0.05) is 11.3 Å². The number of hydrogen-bond acceptors (Lipinski definition) is 2. The molecule has 0 bridgehead atoms. The first-order chi connectivity index (χ1) is 7.83. The van der Waals surface area contributed by atoms with Crippen LogP contribution in [0.15, 0.2) is 30.3 Å². The zero-order valence-electron chi connectivity index (χ0n) is 10.6. The first kappa shape index (κ1) is 13.6. The van der Waals surface area contributed by atoms with E-state index in [0.717, 1.165) is 6.54 Å². The molecule has 1 aromatic rings. The lowest BCUT2D eigenvalue weighted by molar-refractivity contribution is 0.522. The molecule has 2 unspecified atom stereocenters. The SMILES string of the molecule is CCNC(c1ccccc1)C(CC)SCC. The van der Waals surface area contributed by atoms with Gasteiger partial charge in [-0.05, 0) is 24.3 Å². The number of benzene rings is 1. The molecule has 0 saturated carbocycles. The van der Waals surface area contributed by atoms with Gasteiger partial charge in [-0.25, -0.2) is 0 Å². The van der Waals surface area contributed by atoms with Crippen molar-refractivity contribution in [1.82, 2.24) is 5.32 Å². The average Bonchev–Trinajstić information content (AvgIpc) is 2.35. The smallest absolute Gasteiger partial charge is 0.0440 e. The third kappa shape index (κ3) is 3.84. The Hall–Kier alpha value is -0.470. The highest BCUT2D eigenvalue weighted by atomic mass is 32.2. The summed E-state index contributed by atoms with van der Waals surface area (Å²) in [5, 5.41) is 4.29. The van der Waals surface area contributed by atoms with E-state index in [1.54, 1.807) is 0 Å². The molecule has 0 aliphatic heterocycles. The van der Waals surface area contributed by atoms with Gasteiger partial charge >= 0.3 is 0 Å². The Labute approximate surface area is 104 Å². The third-order valence-electron chi connectivity index (χ3n) is 2.74. The van der Waals surface area contributed by atoms with E-state index in [2.05, 4.69) is 68.2 Å². The Morgan fingerprint density at radius 2 is 1.81 bits per heavy atom. The van der Waals surface area contributed by atoms with Gasteiger partial charge in [-0.1, -0.05) is 51.1 Å². The molecule has 0 heterocycles. The van der Waals surface area contributed by atoms with Crippen molar-refractivity contribution in [2.24, 2.45) is 0 Å². The summed E-state index contributed by atoms with van der Waals surface area (Å²) in [6.45, 7) is 7.72. The molecule has 1 nitrogen and oxygen atoms in total. The second kappa shape index (κ2) is 7.75. The maximum Gasteiger partial charge on any atom is 0.0440 e. The predicted molar refractivity (Wildman–Crippen MR) is 75.1 cm³/mol. The maximum atomic E-state index is 3.61. The number of nitrogens with one attached hydrogen (secondary N) is 1. The summed E-state index contributed by atoms with van der Waals surface area (Å²) in [7, 11) is 0. The molecule has 0 amide bonds. The zero-order chi connectivity index (χ0) is 11.8. The summed E-state index contributed by atoms with van der Waals surface area (Å²) in [5.74, 6) is 1.19. The molecule has 2 heteroatoms. The Bertz CT molecular complexity index is 273. The van der Waals surface area contributed by atoms with Crippen molar-refractivity contribution in [3.8, 4) is 0 Å². The lowest BCUT2D eigenvalue weighted by Gasteiger charge is -2.26. The van der Waals surface area contributed by atoms with Gasteiger partial charge in [0.15, 0.2) is 0 Å². The molecule has 0 aliphatic rings. The van der Waals surface area contributed by atoms with E-state index in [9.17, 15) is 0 Å². The fraction of sp³-hybridized carbons (Fsp3) is 0.571. The van der Waals surface area contributed by atoms with Gasteiger partial charge in [0.1, 0.15) is 0 Å². The van der Waals surface area contributed by atoms with Crippen LogP contribution in [0.4, 0.5) is 0 Å². The lowest BCUT2D eigenvalue weighted by Crippen LogP contribution is -2.30. The van der Waals surface area contributed by atoms with E-state index in [1.807, 2.05) is 0 Å². The highest BCUT2D eigenvalue weighted by Gasteiger charge is 2.20. The molecule has 1 N–H and O–H groups in total. The zero-order valence-corrected chi connectivity index (χ0v) is 11.4. The second-order valence-corrected chi connectivity index (χ2v) is 5.36. The van der Waals surface area contributed by atoms with E-state index in [4.69, 9.17) is 0 Å². The standard InChI is InChI=1S/C14H23NS/c1-4-13(16-6-3)14(15-5-2)12-10-8-7-9-11-12/h7-11,13-15H,4-6H2,1-3H3. The van der Waals surface area contributed by atoms with E-state index in [0.29, 0.717) is 11.3 Å². The highest BCUT2D eigenvalue weighted by molar-refractivity contribution is 7.99. The van der Waals surface area contributed by atoms with E-state index in [1.165, 1.54) is 17.7 Å². The van der Waals surface area contributed by atoms with E-state index < -0.39 is 0 Å². The number of thioether (sulfide) groups is 1. The van der Waals surface area contributed by atoms with Crippen LogP contribution in [0.2, 0.25) is 0 Å². The Morgan fingerprint density at radius 1 is 1.12 bits per heavy atom. The molecule has 1 aromatic carbocycles. The molecule has 0 saturated heterocycles. The van der Waals surface area contributed by atoms with Crippen LogP contribution in [0.1, 0.15) is 38.8 Å². The first-order valence-electron chi connectivity index (χ1n) is 6.23. The Kier molecular flexibility index (Phi) is 6.58. The number of rotatable bonds is 7. The summed E-state index contributed by atoms with van der Waals surface area (Å²) >= 11 is 2.06. The molecule has 0 aliphatic carbocycles. The molecular formula is C14H23NS. The minimum Gasteiger partial charge on any atom is -0.309 e. The summed E-state index contributed by atoms with van der Waals surface area (Å²) in [5.41, 5.74) is 1.41. The normalized spacial score (nSPS) is 14.7. The van der Waals surface area contributed by atoms with Gasteiger partial charge in [0.2, 0.25) is 0 Å². The summed E-state index contributed by atoms with van der Waals surface area (Å²) in [4.78, 5) is 0. The van der Waals surface area contributed by atoms with Gasteiger partial charge in [-0.3, -0.25) is 0 Å². The van der Waals surface area contributed by atoms with Crippen molar-refractivity contribution in [1.29, 1.82) is 0 Å². The van der Waals surface area contributed by atoms with E-state index >= 15 is 0 Å². The van der Waals surface area contributed by atoms with Crippen LogP contribution in [0.25, 0.3) is 0 Å². The molecule has 0 spiro atoms. The van der Waals surface area contributed by atoms with Crippen molar-refractivity contribution >= 4 is 11.8 Å². The van der Waals surface area contributed by atoms with Crippen molar-refractivity contribution < 1.29 is 0 Å². The van der Waals surface area contributed by atoms with Crippen LogP contribution in [-0.4, -0.2) is 17.5 Å². The minimum atomic E-state index is 0.487. The van der Waals surface area contributed by atoms with Gasteiger partial charge in [-0.2, -0.15) is 11.8 Å². The van der Waals surface area contributed by atoms with Gasteiger partial charge in [0.25, 0.3) is 0 Å². The lowest BCUT2D eigenvalue weighted by atomic mass is 10.0. The second-order valence-electron chi connectivity index (χ2n) is 3.85. The van der Waals surface area contributed by atoms with Crippen LogP contribution < -0.4 is 5.32 Å². The quantitative estimate of drug-likeness (QED) is 0.772. The Morgan fingerprint density at radius 3 is 2.31 bits per heavy atom. The summed E-state index contributed by atoms with van der Waals surface area (Å²) in [6.07, 6.45) is 1.21. The highest BCUT2D eigenvalue weighted by Crippen LogP contribution is 2.28. The molecule has 0 aromatic heterocycles. The first-order valence-corrected chi connectivity index (χ1v) is 7.28. The van der Waals surface area contributed by atoms with Gasteiger partial charge in [0.05, 0.1) is 0 Å². The van der Waals surface area contributed by atoms with Crippen LogP contribution in [0, 0.1) is 0 Å². The molecule has 90 valence electrons. The monoisotopic (exact) mass is 237 g/mol. The van der Waals surface area contributed by atoms with Crippen LogP contribution in [0.5, 0.6) is 0 Å². The van der Waals surface area contributed by atoms with Crippen LogP contribution in [-0.2, 0) is 0 Å². The largest absolute Gasteiger partial charge is 0.309 e. The van der Waals surface area contributed by atoms with E-state index in [-0.39, 0.29) is 0 Å². The number of hydrogen-bond donors (Lipinski definition) is 1. The molecule has 2 atom stereocenters. The molecule has 1 rings (SSSR count). The summed E-state index contributed by atoms with van der Waals surface area (Å²) < 4.78 is 0. The van der Waals surface area contributed by atoms with Crippen molar-refractivity contribution in [2.45, 2.75) is 38.5 Å². The van der Waals surface area contributed by atoms with Gasteiger partial charge < -0.3 is 5.32 Å². The van der Waals surface area contributed by atoms with Crippen molar-refractivity contribution in [2.75, 3.05) is 12.3 Å². The predicted octanol–water partition coefficient (Wildman–Crippen LogP) is 3.87. The van der Waals surface area contributed by atoms with Gasteiger partial charge in [-0.15, -0.1) is 0 Å². The maximum absolute atomic E-state index is 3.61. The van der Waals surface area contributed by atoms with Crippen LogP contribution >= 0.6 is 11.8 Å². The molecule has 0 radical (unpaired) electrons. The fourth-order valence-corrected chi connectivity index (χ4v) is 3.12. The average molecular weight is 237 g/mol. The molecule has 0 fully saturated rings. The van der Waals surface area contributed by atoms with Crippen molar-refractivity contribution in [3.05, 3.63) is 35.9 Å². The summed E-state index contributed by atoms with van der Waals surface area (Å²) in [6, 6.07) is 11.3. The Balaban J connectivity index is 2.80. The molecule has 16 heavy (non-hydrogen) atoms. The van der Waals surface area contributed by atoms with Crippen molar-refractivity contribution in [3.63, 3.8) is 0 Å². The minimum absolute atomic E-state index is 0.487. The fourth-order valence-electron chi connectivity index (χ4n) is 2.01. The third-order valence-corrected chi connectivity index (χ3v) is 4.10. The van der Waals surface area contributed by atoms with Crippen LogP contribution in [0.3, 0.4) is 0 Å².